The first-order valence-electron chi connectivity index (χ1n) is 7.56. The second-order valence-electron chi connectivity index (χ2n) is 6.57. The SMILES string of the molecule is CC(C)C1CCCC(O)(Cc2ccc(Cl)cc2F)CC1. The van der Waals surface area contributed by atoms with Gasteiger partial charge in [-0.3, -0.25) is 0 Å². The molecule has 1 N–H and O–H groups in total. The van der Waals surface area contributed by atoms with Crippen molar-refractivity contribution in [2.24, 2.45) is 11.8 Å². The molecule has 20 heavy (non-hydrogen) atoms. The molecule has 1 aliphatic rings. The summed E-state index contributed by atoms with van der Waals surface area (Å²) in [6.07, 6.45) is 5.14. The van der Waals surface area contributed by atoms with E-state index in [1.54, 1.807) is 12.1 Å². The van der Waals surface area contributed by atoms with Gasteiger partial charge in [0, 0.05) is 11.4 Å². The molecule has 1 fully saturated rings. The van der Waals surface area contributed by atoms with E-state index in [0.29, 0.717) is 28.8 Å². The third-order valence-electron chi connectivity index (χ3n) is 4.67. The monoisotopic (exact) mass is 298 g/mol. The summed E-state index contributed by atoms with van der Waals surface area (Å²) < 4.78 is 13.9. The van der Waals surface area contributed by atoms with Gasteiger partial charge in [0.25, 0.3) is 0 Å². The van der Waals surface area contributed by atoms with Crippen LogP contribution in [0.4, 0.5) is 4.39 Å². The lowest BCUT2D eigenvalue weighted by Gasteiger charge is -2.27. The van der Waals surface area contributed by atoms with Gasteiger partial charge in [0.05, 0.1) is 5.60 Å². The normalized spacial score (nSPS) is 27.6. The largest absolute Gasteiger partial charge is 0.390 e. The number of hydrogen-bond acceptors (Lipinski definition) is 1. The maximum Gasteiger partial charge on any atom is 0.127 e. The van der Waals surface area contributed by atoms with E-state index in [2.05, 4.69) is 13.8 Å². The van der Waals surface area contributed by atoms with E-state index in [0.717, 1.165) is 25.7 Å². The molecule has 1 aliphatic carbocycles. The highest BCUT2D eigenvalue weighted by Crippen LogP contribution is 2.36. The predicted molar refractivity (Wildman–Crippen MR) is 81.5 cm³/mol. The second-order valence-corrected chi connectivity index (χ2v) is 7.01. The Hall–Kier alpha value is -0.600. The maximum absolute atomic E-state index is 13.9. The predicted octanol–water partition coefficient (Wildman–Crippen LogP) is 4.99. The number of hydrogen-bond donors (Lipinski definition) is 1. The van der Waals surface area contributed by atoms with Gasteiger partial charge >= 0.3 is 0 Å². The summed E-state index contributed by atoms with van der Waals surface area (Å²) in [6.45, 7) is 4.49. The fraction of sp³-hybridized carbons (Fsp3) is 0.647. The minimum atomic E-state index is -0.766. The first-order chi connectivity index (χ1) is 9.39. The van der Waals surface area contributed by atoms with Crippen molar-refractivity contribution >= 4 is 11.6 Å². The van der Waals surface area contributed by atoms with Crippen molar-refractivity contribution in [3.63, 3.8) is 0 Å². The van der Waals surface area contributed by atoms with E-state index >= 15 is 0 Å². The quantitative estimate of drug-likeness (QED) is 0.780. The molecule has 2 rings (SSSR count). The molecule has 1 aromatic carbocycles. The van der Waals surface area contributed by atoms with E-state index in [4.69, 9.17) is 11.6 Å². The van der Waals surface area contributed by atoms with Gasteiger partial charge in [0.2, 0.25) is 0 Å². The molecule has 0 aliphatic heterocycles. The van der Waals surface area contributed by atoms with Crippen LogP contribution in [0.2, 0.25) is 5.02 Å². The molecule has 3 heteroatoms. The van der Waals surface area contributed by atoms with Crippen molar-refractivity contribution in [1.29, 1.82) is 0 Å². The Bertz CT molecular complexity index is 460. The molecule has 0 amide bonds. The van der Waals surface area contributed by atoms with E-state index < -0.39 is 5.60 Å². The topological polar surface area (TPSA) is 20.2 Å². The zero-order valence-corrected chi connectivity index (χ0v) is 13.1. The fourth-order valence-electron chi connectivity index (χ4n) is 3.28. The Kier molecular flexibility index (Phi) is 5.09. The van der Waals surface area contributed by atoms with Crippen molar-refractivity contribution in [3.05, 3.63) is 34.6 Å². The summed E-state index contributed by atoms with van der Waals surface area (Å²) in [5.74, 6) is 1.03. The summed E-state index contributed by atoms with van der Waals surface area (Å²) in [6, 6.07) is 4.71. The molecule has 2 unspecified atom stereocenters. The molecule has 0 aromatic heterocycles. The van der Waals surface area contributed by atoms with Gasteiger partial charge in [0.1, 0.15) is 5.82 Å². The molecule has 0 saturated heterocycles. The fourth-order valence-corrected chi connectivity index (χ4v) is 3.44. The molecule has 2 atom stereocenters. The highest BCUT2D eigenvalue weighted by molar-refractivity contribution is 6.30. The van der Waals surface area contributed by atoms with Crippen LogP contribution in [0, 0.1) is 17.7 Å². The molecule has 1 nitrogen and oxygen atoms in total. The molecule has 1 saturated carbocycles. The molecule has 0 bridgehead atoms. The zero-order chi connectivity index (χ0) is 14.8. The third-order valence-corrected chi connectivity index (χ3v) is 4.91. The van der Waals surface area contributed by atoms with Gasteiger partial charge in [0.15, 0.2) is 0 Å². The molecule has 1 aromatic rings. The lowest BCUT2D eigenvalue weighted by molar-refractivity contribution is 0.0229. The lowest BCUT2D eigenvalue weighted by atomic mass is 9.85. The summed E-state index contributed by atoms with van der Waals surface area (Å²) in [4.78, 5) is 0. The van der Waals surface area contributed by atoms with Crippen LogP contribution in [-0.4, -0.2) is 10.7 Å². The average molecular weight is 299 g/mol. The zero-order valence-electron chi connectivity index (χ0n) is 12.3. The second kappa shape index (κ2) is 6.44. The average Bonchev–Trinajstić information content (AvgIpc) is 2.55. The van der Waals surface area contributed by atoms with E-state index in [-0.39, 0.29) is 5.82 Å². The van der Waals surface area contributed by atoms with Crippen molar-refractivity contribution < 1.29 is 9.50 Å². The molecule has 0 radical (unpaired) electrons. The van der Waals surface area contributed by atoms with Crippen molar-refractivity contribution in [1.82, 2.24) is 0 Å². The standard InChI is InChI=1S/C17H24ClFO/c1-12(2)13-4-3-8-17(20,9-7-13)11-14-5-6-15(18)10-16(14)19/h5-6,10,12-13,20H,3-4,7-9,11H2,1-2H3. The van der Waals surface area contributed by atoms with E-state index in [1.165, 1.54) is 12.5 Å². The summed E-state index contributed by atoms with van der Waals surface area (Å²) in [7, 11) is 0. The first kappa shape index (κ1) is 15.8. The molecule has 0 heterocycles. The van der Waals surface area contributed by atoms with Crippen molar-refractivity contribution in [3.8, 4) is 0 Å². The van der Waals surface area contributed by atoms with Gasteiger partial charge in [-0.2, -0.15) is 0 Å². The Morgan fingerprint density at radius 1 is 1.35 bits per heavy atom. The summed E-state index contributed by atoms with van der Waals surface area (Å²) >= 11 is 5.77. The van der Waals surface area contributed by atoms with Gasteiger partial charge in [-0.25, -0.2) is 4.39 Å². The van der Waals surface area contributed by atoms with Crippen LogP contribution in [0.3, 0.4) is 0 Å². The number of benzene rings is 1. The smallest absolute Gasteiger partial charge is 0.127 e. The van der Waals surface area contributed by atoms with Crippen LogP contribution < -0.4 is 0 Å². The minimum absolute atomic E-state index is 0.310. The Morgan fingerprint density at radius 2 is 2.10 bits per heavy atom. The van der Waals surface area contributed by atoms with E-state index in [1.807, 2.05) is 0 Å². The molecule has 112 valence electrons. The van der Waals surface area contributed by atoms with Gasteiger partial charge < -0.3 is 5.11 Å². The Morgan fingerprint density at radius 3 is 2.75 bits per heavy atom. The van der Waals surface area contributed by atoms with Gasteiger partial charge in [-0.15, -0.1) is 0 Å². The maximum atomic E-state index is 13.9. The lowest BCUT2D eigenvalue weighted by Crippen LogP contribution is -2.31. The summed E-state index contributed by atoms with van der Waals surface area (Å²) in [5.41, 5.74) is -0.196. The first-order valence-corrected chi connectivity index (χ1v) is 7.94. The van der Waals surface area contributed by atoms with Crippen LogP contribution >= 0.6 is 11.6 Å². The van der Waals surface area contributed by atoms with Gasteiger partial charge in [-0.05, 0) is 48.8 Å². The van der Waals surface area contributed by atoms with Crippen molar-refractivity contribution in [2.45, 2.75) is 58.0 Å². The third kappa shape index (κ3) is 3.95. The van der Waals surface area contributed by atoms with Gasteiger partial charge in [-0.1, -0.05) is 44.4 Å². The Labute approximate surface area is 126 Å². The number of rotatable bonds is 3. The molecular weight excluding hydrogens is 275 g/mol. The minimum Gasteiger partial charge on any atom is -0.390 e. The van der Waals surface area contributed by atoms with Crippen LogP contribution in [0.5, 0.6) is 0 Å². The van der Waals surface area contributed by atoms with Crippen LogP contribution in [-0.2, 0) is 6.42 Å². The number of aliphatic hydroxyl groups is 1. The van der Waals surface area contributed by atoms with Crippen LogP contribution in [0.15, 0.2) is 18.2 Å². The summed E-state index contributed by atoms with van der Waals surface area (Å²) in [5, 5.41) is 11.2. The highest BCUT2D eigenvalue weighted by atomic mass is 35.5. The Balaban J connectivity index is 2.07. The van der Waals surface area contributed by atoms with E-state index in [9.17, 15) is 9.50 Å². The highest BCUT2D eigenvalue weighted by Gasteiger charge is 2.32. The molecule has 0 spiro atoms. The van der Waals surface area contributed by atoms with Crippen molar-refractivity contribution in [2.75, 3.05) is 0 Å². The number of halogens is 2. The van der Waals surface area contributed by atoms with Crippen LogP contribution in [0.1, 0.15) is 51.5 Å². The van der Waals surface area contributed by atoms with Crippen LogP contribution in [0.25, 0.3) is 0 Å². The molecular formula is C17H24ClFO.